The molecular formula is C24H25N3O2. The molecule has 0 aliphatic rings. The van der Waals surface area contributed by atoms with E-state index in [1.807, 2.05) is 74.5 Å². The monoisotopic (exact) mass is 387 g/mol. The Labute approximate surface area is 171 Å². The van der Waals surface area contributed by atoms with Crippen molar-refractivity contribution in [2.24, 2.45) is 5.92 Å². The summed E-state index contributed by atoms with van der Waals surface area (Å²) in [6.45, 7) is 5.02. The Bertz CT molecular complexity index is 956. The Kier molecular flexibility index (Phi) is 6.74. The molecule has 0 saturated heterocycles. The summed E-state index contributed by atoms with van der Waals surface area (Å²) in [6, 6.07) is 24.2. The summed E-state index contributed by atoms with van der Waals surface area (Å²) in [4.78, 5) is 31.7. The lowest BCUT2D eigenvalue weighted by Crippen LogP contribution is -2.32. The molecule has 0 bridgehead atoms. The van der Waals surface area contributed by atoms with E-state index in [2.05, 4.69) is 10.3 Å². The zero-order chi connectivity index (χ0) is 20.6. The highest BCUT2D eigenvalue weighted by Gasteiger charge is 2.20. The first-order valence-electron chi connectivity index (χ1n) is 9.70. The number of anilines is 1. The van der Waals surface area contributed by atoms with Gasteiger partial charge in [-0.2, -0.15) is 0 Å². The van der Waals surface area contributed by atoms with Gasteiger partial charge in [-0.3, -0.25) is 9.59 Å². The van der Waals surface area contributed by atoms with Gasteiger partial charge in [0.1, 0.15) is 11.4 Å². The van der Waals surface area contributed by atoms with Crippen LogP contribution in [0, 0.1) is 5.92 Å². The smallest absolute Gasteiger partial charge is 0.277 e. The van der Waals surface area contributed by atoms with Gasteiger partial charge in [0, 0.05) is 12.2 Å². The van der Waals surface area contributed by atoms with Crippen molar-refractivity contribution < 1.29 is 9.59 Å². The maximum Gasteiger partial charge on any atom is 0.277 e. The molecule has 2 aromatic carbocycles. The molecule has 0 fully saturated rings. The molecule has 0 saturated carbocycles. The third-order valence-corrected chi connectivity index (χ3v) is 4.37. The van der Waals surface area contributed by atoms with Crippen LogP contribution in [0.2, 0.25) is 0 Å². The molecule has 0 radical (unpaired) electrons. The summed E-state index contributed by atoms with van der Waals surface area (Å²) in [5, 5.41) is 2.84. The number of carbonyl (C=O) groups is 2. The van der Waals surface area contributed by atoms with E-state index >= 15 is 0 Å². The number of amides is 2. The molecule has 0 unspecified atom stereocenters. The lowest BCUT2D eigenvalue weighted by molar-refractivity contribution is 0.0943. The first-order valence-corrected chi connectivity index (χ1v) is 9.70. The van der Waals surface area contributed by atoms with E-state index in [0.717, 1.165) is 11.3 Å². The molecule has 1 aromatic heterocycles. The van der Waals surface area contributed by atoms with Crippen molar-refractivity contribution in [3.8, 4) is 0 Å². The molecule has 1 N–H and O–H groups in total. The highest BCUT2D eigenvalue weighted by Crippen LogP contribution is 2.19. The standard InChI is InChI=1S/C24H25N3O2/c1-18(2)16-25-23(28)21-14-9-15-22(26-21)24(29)27(20-12-7-4-8-13-20)17-19-10-5-3-6-11-19/h3-15,18H,16-17H2,1-2H3,(H,25,28). The molecule has 148 valence electrons. The predicted octanol–water partition coefficient (Wildman–Crippen LogP) is 4.31. The first-order chi connectivity index (χ1) is 14.0. The summed E-state index contributed by atoms with van der Waals surface area (Å²) >= 11 is 0. The van der Waals surface area contributed by atoms with E-state index in [9.17, 15) is 9.59 Å². The van der Waals surface area contributed by atoms with Crippen LogP contribution in [-0.2, 0) is 6.54 Å². The summed E-state index contributed by atoms with van der Waals surface area (Å²) in [7, 11) is 0. The normalized spacial score (nSPS) is 10.6. The van der Waals surface area contributed by atoms with Crippen molar-refractivity contribution in [3.05, 3.63) is 95.8 Å². The maximum absolute atomic E-state index is 13.3. The van der Waals surface area contributed by atoms with E-state index in [1.165, 1.54) is 0 Å². The van der Waals surface area contributed by atoms with Crippen LogP contribution in [0.25, 0.3) is 0 Å². The van der Waals surface area contributed by atoms with Gasteiger partial charge in [-0.05, 0) is 35.7 Å². The molecule has 0 aliphatic heterocycles. The fourth-order valence-corrected chi connectivity index (χ4v) is 2.86. The average molecular weight is 387 g/mol. The topological polar surface area (TPSA) is 62.3 Å². The summed E-state index contributed by atoms with van der Waals surface area (Å²) in [5.74, 6) is -0.190. The van der Waals surface area contributed by atoms with Crippen molar-refractivity contribution in [2.45, 2.75) is 20.4 Å². The van der Waals surface area contributed by atoms with Crippen molar-refractivity contribution in [1.82, 2.24) is 10.3 Å². The molecule has 0 spiro atoms. The highest BCUT2D eigenvalue weighted by atomic mass is 16.2. The van der Waals surface area contributed by atoms with Gasteiger partial charge in [0.15, 0.2) is 0 Å². The zero-order valence-corrected chi connectivity index (χ0v) is 16.7. The fraction of sp³-hybridized carbons (Fsp3) is 0.208. The van der Waals surface area contributed by atoms with Crippen LogP contribution in [0.15, 0.2) is 78.9 Å². The van der Waals surface area contributed by atoms with Gasteiger partial charge in [-0.25, -0.2) is 4.98 Å². The van der Waals surface area contributed by atoms with Gasteiger partial charge < -0.3 is 10.2 Å². The van der Waals surface area contributed by atoms with Gasteiger partial charge in [0.05, 0.1) is 6.54 Å². The van der Waals surface area contributed by atoms with Crippen LogP contribution >= 0.6 is 0 Å². The number of nitrogens with one attached hydrogen (secondary N) is 1. The second kappa shape index (κ2) is 9.64. The Balaban J connectivity index is 1.88. The second-order valence-electron chi connectivity index (χ2n) is 7.22. The summed E-state index contributed by atoms with van der Waals surface area (Å²) in [6.07, 6.45) is 0. The van der Waals surface area contributed by atoms with Gasteiger partial charge in [-0.15, -0.1) is 0 Å². The molecule has 0 atom stereocenters. The van der Waals surface area contributed by atoms with Crippen LogP contribution in [-0.4, -0.2) is 23.3 Å². The number of hydrogen-bond donors (Lipinski definition) is 1. The van der Waals surface area contributed by atoms with E-state index in [4.69, 9.17) is 0 Å². The summed E-state index contributed by atoms with van der Waals surface area (Å²) in [5.41, 5.74) is 2.26. The minimum atomic E-state index is -0.275. The van der Waals surface area contributed by atoms with Gasteiger partial charge >= 0.3 is 0 Å². The molecule has 5 nitrogen and oxygen atoms in total. The lowest BCUT2D eigenvalue weighted by Gasteiger charge is -2.23. The maximum atomic E-state index is 13.3. The number of carbonyl (C=O) groups excluding carboxylic acids is 2. The number of nitrogens with zero attached hydrogens (tertiary/aromatic N) is 2. The van der Waals surface area contributed by atoms with Gasteiger partial charge in [-0.1, -0.05) is 68.4 Å². The van der Waals surface area contributed by atoms with Crippen LogP contribution in [0.4, 0.5) is 5.69 Å². The minimum Gasteiger partial charge on any atom is -0.350 e. The molecule has 0 aliphatic carbocycles. The number of benzene rings is 2. The molecular weight excluding hydrogens is 362 g/mol. The quantitative estimate of drug-likeness (QED) is 0.657. The molecule has 3 rings (SSSR count). The Morgan fingerprint density at radius 1 is 0.862 bits per heavy atom. The van der Waals surface area contributed by atoms with E-state index in [-0.39, 0.29) is 23.2 Å². The molecule has 5 heteroatoms. The summed E-state index contributed by atoms with van der Waals surface area (Å²) < 4.78 is 0. The van der Waals surface area contributed by atoms with Crippen molar-refractivity contribution in [3.63, 3.8) is 0 Å². The lowest BCUT2D eigenvalue weighted by atomic mass is 10.1. The number of pyridine rings is 1. The van der Waals surface area contributed by atoms with E-state index in [1.54, 1.807) is 23.1 Å². The first kappa shape index (κ1) is 20.3. The van der Waals surface area contributed by atoms with Crippen molar-refractivity contribution in [2.75, 3.05) is 11.4 Å². The Hall–Kier alpha value is -3.47. The zero-order valence-electron chi connectivity index (χ0n) is 16.7. The molecule has 29 heavy (non-hydrogen) atoms. The minimum absolute atomic E-state index is 0.238. The third kappa shape index (κ3) is 5.51. The molecule has 2 amide bonds. The second-order valence-corrected chi connectivity index (χ2v) is 7.22. The van der Waals surface area contributed by atoms with E-state index in [0.29, 0.717) is 19.0 Å². The SMILES string of the molecule is CC(C)CNC(=O)c1cccc(C(=O)N(Cc2ccccc2)c2ccccc2)n1. The molecule has 1 heterocycles. The van der Waals surface area contributed by atoms with Crippen LogP contribution < -0.4 is 10.2 Å². The van der Waals surface area contributed by atoms with Crippen molar-refractivity contribution in [1.29, 1.82) is 0 Å². The number of rotatable bonds is 7. The highest BCUT2D eigenvalue weighted by molar-refractivity contribution is 6.05. The third-order valence-electron chi connectivity index (χ3n) is 4.37. The van der Waals surface area contributed by atoms with Crippen molar-refractivity contribution >= 4 is 17.5 Å². The van der Waals surface area contributed by atoms with Gasteiger partial charge in [0.2, 0.25) is 0 Å². The average Bonchev–Trinajstić information content (AvgIpc) is 2.76. The Morgan fingerprint density at radius 3 is 2.14 bits per heavy atom. The number of para-hydroxylation sites is 1. The van der Waals surface area contributed by atoms with Crippen LogP contribution in [0.3, 0.4) is 0 Å². The van der Waals surface area contributed by atoms with E-state index < -0.39 is 0 Å². The van der Waals surface area contributed by atoms with Crippen LogP contribution in [0.5, 0.6) is 0 Å². The molecule has 3 aromatic rings. The largest absolute Gasteiger partial charge is 0.350 e. The fourth-order valence-electron chi connectivity index (χ4n) is 2.86. The number of hydrogen-bond acceptors (Lipinski definition) is 3. The van der Waals surface area contributed by atoms with Crippen LogP contribution in [0.1, 0.15) is 40.4 Å². The predicted molar refractivity (Wildman–Crippen MR) is 115 cm³/mol. The van der Waals surface area contributed by atoms with Gasteiger partial charge in [0.25, 0.3) is 11.8 Å². The number of aromatic nitrogens is 1. The Morgan fingerprint density at radius 2 is 1.48 bits per heavy atom.